The Morgan fingerprint density at radius 1 is 1.52 bits per heavy atom. The molecule has 7 nitrogen and oxygen atoms in total. The van der Waals surface area contributed by atoms with Crippen LogP contribution in [-0.4, -0.2) is 37.7 Å². The Labute approximate surface area is 135 Å². The fourth-order valence-electron chi connectivity index (χ4n) is 2.36. The molecule has 2 rings (SSSR count). The number of hydrogen-bond acceptors (Lipinski definition) is 5. The molecule has 1 aliphatic heterocycles. The number of nitrogens with two attached hydrogens (primary N) is 1. The molecule has 1 aromatic rings. The molecule has 0 saturated carbocycles. The Morgan fingerprint density at radius 2 is 2.26 bits per heavy atom. The minimum atomic E-state index is -0.708. The van der Waals surface area contributed by atoms with Crippen molar-refractivity contribution in [3.63, 3.8) is 0 Å². The number of anilines is 1. The molecule has 7 heteroatoms. The van der Waals surface area contributed by atoms with E-state index in [0.29, 0.717) is 17.9 Å². The quantitative estimate of drug-likeness (QED) is 0.724. The van der Waals surface area contributed by atoms with Gasteiger partial charge in [0.15, 0.2) is 6.10 Å². The second-order valence-corrected chi connectivity index (χ2v) is 5.55. The number of nitrogens with one attached hydrogen (secondary N) is 2. The molecular weight excluding hydrogens is 298 g/mol. The summed E-state index contributed by atoms with van der Waals surface area (Å²) in [7, 11) is 1.50. The highest BCUT2D eigenvalue weighted by atomic mass is 16.5. The third kappa shape index (κ3) is 4.00. The van der Waals surface area contributed by atoms with Crippen molar-refractivity contribution >= 4 is 17.5 Å². The van der Waals surface area contributed by atoms with Gasteiger partial charge in [0.25, 0.3) is 5.91 Å². The van der Waals surface area contributed by atoms with Crippen LogP contribution in [0.1, 0.15) is 31.9 Å². The number of rotatable bonds is 6. The van der Waals surface area contributed by atoms with Crippen molar-refractivity contribution in [2.75, 3.05) is 19.0 Å². The van der Waals surface area contributed by atoms with E-state index in [-0.39, 0.29) is 24.5 Å². The number of benzene rings is 1. The molecule has 4 N–H and O–H groups in total. The molecule has 0 saturated heterocycles. The van der Waals surface area contributed by atoms with Gasteiger partial charge in [-0.15, -0.1) is 0 Å². The van der Waals surface area contributed by atoms with Gasteiger partial charge in [-0.25, -0.2) is 0 Å². The van der Waals surface area contributed by atoms with E-state index in [1.165, 1.54) is 7.11 Å². The van der Waals surface area contributed by atoms with Crippen molar-refractivity contribution in [2.24, 2.45) is 5.73 Å². The van der Waals surface area contributed by atoms with Gasteiger partial charge in [-0.1, -0.05) is 13.0 Å². The van der Waals surface area contributed by atoms with E-state index in [1.807, 2.05) is 26.0 Å². The van der Waals surface area contributed by atoms with Gasteiger partial charge in [0.05, 0.1) is 18.3 Å². The fourth-order valence-corrected chi connectivity index (χ4v) is 2.36. The molecule has 3 atom stereocenters. The van der Waals surface area contributed by atoms with E-state index < -0.39 is 12.1 Å². The molecule has 3 unspecified atom stereocenters. The van der Waals surface area contributed by atoms with Crippen LogP contribution >= 0.6 is 0 Å². The summed E-state index contributed by atoms with van der Waals surface area (Å²) in [5.74, 6) is 0.189. The summed E-state index contributed by atoms with van der Waals surface area (Å²) in [5, 5.41) is 5.65. The highest BCUT2D eigenvalue weighted by Crippen LogP contribution is 2.32. The highest BCUT2D eigenvalue weighted by Gasteiger charge is 2.26. The summed E-state index contributed by atoms with van der Waals surface area (Å²) in [5.41, 5.74) is 7.21. The first-order valence-electron chi connectivity index (χ1n) is 7.62. The Hall–Kier alpha value is -2.12. The van der Waals surface area contributed by atoms with E-state index in [0.717, 1.165) is 5.56 Å². The Kier molecular flexibility index (Phi) is 5.57. The molecule has 1 aromatic carbocycles. The van der Waals surface area contributed by atoms with Crippen LogP contribution < -0.4 is 21.1 Å². The van der Waals surface area contributed by atoms with Crippen LogP contribution in [0.25, 0.3) is 0 Å². The van der Waals surface area contributed by atoms with Gasteiger partial charge in [-0.3, -0.25) is 9.59 Å². The van der Waals surface area contributed by atoms with E-state index in [1.54, 1.807) is 6.07 Å². The minimum Gasteiger partial charge on any atom is -0.478 e. The summed E-state index contributed by atoms with van der Waals surface area (Å²) in [6, 6.07) is 4.48. The third-order valence-electron chi connectivity index (χ3n) is 3.74. The zero-order chi connectivity index (χ0) is 17.0. The molecule has 0 aromatic heterocycles. The maximum Gasteiger partial charge on any atom is 0.265 e. The zero-order valence-corrected chi connectivity index (χ0v) is 13.6. The van der Waals surface area contributed by atoms with Crippen LogP contribution in [-0.2, 0) is 14.3 Å². The topological polar surface area (TPSA) is 103 Å². The summed E-state index contributed by atoms with van der Waals surface area (Å²) >= 11 is 0. The normalized spacial score (nSPS) is 19.1. The molecule has 0 fully saturated rings. The average molecular weight is 321 g/mol. The first-order valence-corrected chi connectivity index (χ1v) is 7.62. The predicted molar refractivity (Wildman–Crippen MR) is 86.2 cm³/mol. The lowest BCUT2D eigenvalue weighted by Gasteiger charge is -2.26. The summed E-state index contributed by atoms with van der Waals surface area (Å²) in [6.45, 7) is 3.91. The van der Waals surface area contributed by atoms with Crippen LogP contribution in [0.4, 0.5) is 5.69 Å². The molecule has 126 valence electrons. The fraction of sp³-hybridized carbons (Fsp3) is 0.500. The van der Waals surface area contributed by atoms with Crippen molar-refractivity contribution in [2.45, 2.75) is 38.5 Å². The summed E-state index contributed by atoms with van der Waals surface area (Å²) in [4.78, 5) is 23.7. The number of hydrogen-bond donors (Lipinski definition) is 3. The second kappa shape index (κ2) is 7.43. The van der Waals surface area contributed by atoms with Crippen LogP contribution in [0, 0.1) is 0 Å². The number of carbonyl (C=O) groups excluding carboxylic acids is 2. The van der Waals surface area contributed by atoms with Gasteiger partial charge in [0.2, 0.25) is 5.91 Å². The van der Waals surface area contributed by atoms with Gasteiger partial charge < -0.3 is 25.8 Å². The van der Waals surface area contributed by atoms with E-state index in [4.69, 9.17) is 15.2 Å². The monoisotopic (exact) mass is 321 g/mol. The van der Waals surface area contributed by atoms with Crippen LogP contribution in [0.5, 0.6) is 5.75 Å². The number of amides is 2. The maximum atomic E-state index is 11.9. The smallest absolute Gasteiger partial charge is 0.265 e. The summed E-state index contributed by atoms with van der Waals surface area (Å²) in [6.07, 6.45) is 0.103. The van der Waals surface area contributed by atoms with E-state index >= 15 is 0 Å². The van der Waals surface area contributed by atoms with Crippen molar-refractivity contribution in [3.8, 4) is 5.75 Å². The standard InChI is InChI=1S/C16H23N3O4/c1-4-13-16(21)19-12-6-5-10(7-14(12)23-13)9(2)18-15(20)11(17)8-22-3/h5-7,9,11,13H,4,8,17H2,1-3H3,(H,18,20)(H,19,21). The van der Waals surface area contributed by atoms with E-state index in [2.05, 4.69) is 10.6 Å². The second-order valence-electron chi connectivity index (χ2n) is 5.55. The van der Waals surface area contributed by atoms with Crippen molar-refractivity contribution in [1.29, 1.82) is 0 Å². The largest absolute Gasteiger partial charge is 0.478 e. The average Bonchev–Trinajstić information content (AvgIpc) is 2.53. The Morgan fingerprint density at radius 3 is 2.91 bits per heavy atom. The number of methoxy groups -OCH3 is 1. The van der Waals surface area contributed by atoms with Crippen molar-refractivity contribution in [3.05, 3.63) is 23.8 Å². The Balaban J connectivity index is 2.09. The van der Waals surface area contributed by atoms with Gasteiger partial charge in [0.1, 0.15) is 11.8 Å². The SMILES string of the molecule is CCC1Oc2cc(C(C)NC(=O)C(N)COC)ccc2NC1=O. The number of carbonyl (C=O) groups is 2. The van der Waals surface area contributed by atoms with Crippen LogP contribution in [0.3, 0.4) is 0 Å². The summed E-state index contributed by atoms with van der Waals surface area (Å²) < 4.78 is 10.6. The van der Waals surface area contributed by atoms with Gasteiger partial charge in [-0.05, 0) is 31.0 Å². The Bertz CT molecular complexity index is 591. The first-order chi connectivity index (χ1) is 11.0. The molecule has 0 radical (unpaired) electrons. The molecule has 0 aliphatic carbocycles. The van der Waals surface area contributed by atoms with E-state index in [9.17, 15) is 9.59 Å². The molecule has 1 aliphatic rings. The van der Waals surface area contributed by atoms with Gasteiger partial charge in [-0.2, -0.15) is 0 Å². The lowest BCUT2D eigenvalue weighted by atomic mass is 10.1. The first kappa shape index (κ1) is 17.2. The van der Waals surface area contributed by atoms with Crippen LogP contribution in [0.2, 0.25) is 0 Å². The van der Waals surface area contributed by atoms with Crippen molar-refractivity contribution in [1.82, 2.24) is 5.32 Å². The molecular formula is C16H23N3O4. The lowest BCUT2D eigenvalue weighted by Crippen LogP contribution is -2.44. The zero-order valence-electron chi connectivity index (χ0n) is 13.6. The predicted octanol–water partition coefficient (Wildman–Crippen LogP) is 0.947. The molecule has 0 spiro atoms. The third-order valence-corrected chi connectivity index (χ3v) is 3.74. The maximum absolute atomic E-state index is 11.9. The molecule has 23 heavy (non-hydrogen) atoms. The number of fused-ring (bicyclic) bond motifs is 1. The van der Waals surface area contributed by atoms with Crippen molar-refractivity contribution < 1.29 is 19.1 Å². The highest BCUT2D eigenvalue weighted by molar-refractivity contribution is 5.97. The minimum absolute atomic E-state index is 0.139. The van der Waals surface area contributed by atoms with Gasteiger partial charge >= 0.3 is 0 Å². The number of ether oxygens (including phenoxy) is 2. The molecule has 1 heterocycles. The lowest BCUT2D eigenvalue weighted by molar-refractivity contribution is -0.124. The van der Waals surface area contributed by atoms with Crippen LogP contribution in [0.15, 0.2) is 18.2 Å². The van der Waals surface area contributed by atoms with Gasteiger partial charge in [0, 0.05) is 7.11 Å². The molecule has 0 bridgehead atoms. The molecule has 2 amide bonds.